The van der Waals surface area contributed by atoms with Gasteiger partial charge in [0.2, 0.25) is 0 Å². The summed E-state index contributed by atoms with van der Waals surface area (Å²) in [5, 5.41) is 8.74. The molecule has 10 heteroatoms. The summed E-state index contributed by atoms with van der Waals surface area (Å²) < 4.78 is 52.9. The monoisotopic (exact) mass is 501 g/mol. The van der Waals surface area contributed by atoms with Gasteiger partial charge in [-0.05, 0) is 54.1 Å². The summed E-state index contributed by atoms with van der Waals surface area (Å²) >= 11 is 0. The average molecular weight is 501 g/mol. The van der Waals surface area contributed by atoms with Crippen LogP contribution in [-0.4, -0.2) is 43.0 Å². The number of alkyl halides is 3. The van der Waals surface area contributed by atoms with Gasteiger partial charge in [-0.3, -0.25) is 4.79 Å². The fraction of sp³-hybridized carbons (Fsp3) is 0.231. The molecule has 0 saturated carbocycles. The molecule has 1 heterocycles. The van der Waals surface area contributed by atoms with Gasteiger partial charge < -0.3 is 24.2 Å². The molecule has 0 atom stereocenters. The number of ether oxygens (including phenoxy) is 3. The molecule has 1 aliphatic heterocycles. The summed E-state index contributed by atoms with van der Waals surface area (Å²) in [6.07, 6.45) is -3.90. The second-order valence-corrected chi connectivity index (χ2v) is 8.00. The van der Waals surface area contributed by atoms with Crippen molar-refractivity contribution in [3.05, 3.63) is 83.4 Å². The topological polar surface area (TPSA) is 85.3 Å². The van der Waals surface area contributed by atoms with Crippen LogP contribution in [0.15, 0.2) is 66.7 Å². The molecule has 188 valence electrons. The van der Waals surface area contributed by atoms with E-state index in [1.165, 1.54) is 29.2 Å². The summed E-state index contributed by atoms with van der Waals surface area (Å²) in [6.45, 7) is -1.24. The van der Waals surface area contributed by atoms with Crippen LogP contribution >= 0.6 is 0 Å². The third-order valence-corrected chi connectivity index (χ3v) is 5.38. The summed E-state index contributed by atoms with van der Waals surface area (Å²) in [5.41, 5.74) is 2.64. The van der Waals surface area contributed by atoms with E-state index in [1.807, 2.05) is 6.07 Å². The van der Waals surface area contributed by atoms with Gasteiger partial charge in [-0.2, -0.15) is 13.2 Å². The van der Waals surface area contributed by atoms with Crippen LogP contribution in [0.1, 0.15) is 21.5 Å². The molecule has 3 aromatic rings. The van der Waals surface area contributed by atoms with Gasteiger partial charge in [0.25, 0.3) is 5.91 Å². The minimum atomic E-state index is -4.43. The highest BCUT2D eigenvalue weighted by atomic mass is 19.4. The number of carboxylic acids is 1. The average Bonchev–Trinajstić information content (AvgIpc) is 3.19. The first kappa shape index (κ1) is 24.9. The molecule has 1 amide bonds. The Morgan fingerprint density at radius 3 is 2.42 bits per heavy atom. The molecule has 3 aromatic carbocycles. The highest BCUT2D eigenvalue weighted by Gasteiger charge is 2.31. The minimum Gasteiger partial charge on any atom is -0.493 e. The molecule has 1 aliphatic rings. The number of rotatable bonds is 10. The highest BCUT2D eigenvalue weighted by molar-refractivity contribution is 6.10. The lowest BCUT2D eigenvalue weighted by atomic mass is 10.1. The first-order valence-electron chi connectivity index (χ1n) is 11.0. The molecule has 0 saturated heterocycles. The zero-order chi connectivity index (χ0) is 25.7. The maximum Gasteiger partial charge on any atom is 0.422 e. The SMILES string of the molecule is O=C(O)COc1cccc(CCOc2cccc3c2CN(c2ccc(OCC(F)(F)F)cc2)C3=O)c1. The number of carbonyl (C=O) groups is 2. The molecule has 0 radical (unpaired) electrons. The van der Waals surface area contributed by atoms with Gasteiger partial charge in [-0.25, -0.2) is 4.79 Å². The first-order chi connectivity index (χ1) is 17.2. The third-order valence-electron chi connectivity index (χ3n) is 5.38. The van der Waals surface area contributed by atoms with Crippen molar-refractivity contribution in [3.8, 4) is 17.2 Å². The summed E-state index contributed by atoms with van der Waals surface area (Å²) in [6, 6.07) is 18.1. The standard InChI is InChI=1S/C26H22F3NO6/c27-26(28,29)16-36-19-9-7-18(8-10-19)30-14-22-21(25(30)33)5-2-6-23(22)34-12-11-17-3-1-4-20(13-17)35-15-24(31)32/h1-10,13H,11-12,14-16H2,(H,31,32). The van der Waals surface area contributed by atoms with Crippen molar-refractivity contribution in [1.29, 1.82) is 0 Å². The number of carbonyl (C=O) groups excluding carboxylic acids is 1. The summed E-state index contributed by atoms with van der Waals surface area (Å²) in [7, 11) is 0. The first-order valence-corrected chi connectivity index (χ1v) is 11.0. The highest BCUT2D eigenvalue weighted by Crippen LogP contribution is 2.35. The Labute approximate surface area is 204 Å². The van der Waals surface area contributed by atoms with Crippen molar-refractivity contribution < 1.29 is 42.1 Å². The van der Waals surface area contributed by atoms with Crippen molar-refractivity contribution >= 4 is 17.6 Å². The van der Waals surface area contributed by atoms with Crippen molar-refractivity contribution in [1.82, 2.24) is 0 Å². The number of hydrogen-bond donors (Lipinski definition) is 1. The van der Waals surface area contributed by atoms with E-state index in [0.717, 1.165) is 11.1 Å². The Morgan fingerprint density at radius 2 is 1.69 bits per heavy atom. The van der Waals surface area contributed by atoms with Crippen LogP contribution in [0.3, 0.4) is 0 Å². The van der Waals surface area contributed by atoms with Crippen molar-refractivity contribution in [2.24, 2.45) is 0 Å². The van der Waals surface area contributed by atoms with Gasteiger partial charge in [0.15, 0.2) is 13.2 Å². The number of hydrogen-bond acceptors (Lipinski definition) is 5. The fourth-order valence-electron chi connectivity index (χ4n) is 3.75. The van der Waals surface area contributed by atoms with Crippen LogP contribution in [0.25, 0.3) is 0 Å². The molecule has 0 fully saturated rings. The Morgan fingerprint density at radius 1 is 0.944 bits per heavy atom. The second-order valence-electron chi connectivity index (χ2n) is 8.00. The van der Waals surface area contributed by atoms with Crippen LogP contribution < -0.4 is 19.1 Å². The quantitative estimate of drug-likeness (QED) is 0.427. The molecule has 36 heavy (non-hydrogen) atoms. The van der Waals surface area contributed by atoms with Crippen LogP contribution in [0.5, 0.6) is 17.2 Å². The number of carboxylic acid groups (broad SMARTS) is 1. The molecule has 0 aliphatic carbocycles. The van der Waals surface area contributed by atoms with Gasteiger partial charge in [0.1, 0.15) is 17.2 Å². The molecular formula is C26H22F3NO6. The molecule has 7 nitrogen and oxygen atoms in total. The maximum atomic E-state index is 13.0. The summed E-state index contributed by atoms with van der Waals surface area (Å²) in [4.78, 5) is 25.2. The van der Waals surface area contributed by atoms with E-state index in [9.17, 15) is 22.8 Å². The van der Waals surface area contributed by atoms with E-state index in [1.54, 1.807) is 36.4 Å². The van der Waals surface area contributed by atoms with Crippen LogP contribution in [0, 0.1) is 0 Å². The fourth-order valence-corrected chi connectivity index (χ4v) is 3.75. The van der Waals surface area contributed by atoms with Gasteiger partial charge in [0, 0.05) is 23.2 Å². The second kappa shape index (κ2) is 10.6. The smallest absolute Gasteiger partial charge is 0.422 e. The molecule has 0 spiro atoms. The Kier molecular flexibility index (Phi) is 7.33. The van der Waals surface area contributed by atoms with E-state index in [4.69, 9.17) is 19.3 Å². The minimum absolute atomic E-state index is 0.0571. The number of anilines is 1. The predicted octanol–water partition coefficient (Wildman–Crippen LogP) is 4.87. The maximum absolute atomic E-state index is 13.0. The normalized spacial score (nSPS) is 12.9. The van der Waals surface area contributed by atoms with E-state index < -0.39 is 25.4 Å². The molecule has 0 unspecified atom stereocenters. The summed E-state index contributed by atoms with van der Waals surface area (Å²) in [5.74, 6) is -0.223. The lowest BCUT2D eigenvalue weighted by molar-refractivity contribution is -0.153. The van der Waals surface area contributed by atoms with Crippen LogP contribution in [0.2, 0.25) is 0 Å². The van der Waals surface area contributed by atoms with Crippen molar-refractivity contribution in [2.45, 2.75) is 19.1 Å². The van der Waals surface area contributed by atoms with Gasteiger partial charge in [-0.1, -0.05) is 18.2 Å². The number of aliphatic carboxylic acids is 1. The number of amides is 1. The van der Waals surface area contributed by atoms with E-state index >= 15 is 0 Å². The van der Waals surface area contributed by atoms with Gasteiger partial charge >= 0.3 is 12.1 Å². The zero-order valence-corrected chi connectivity index (χ0v) is 19.0. The van der Waals surface area contributed by atoms with E-state index in [2.05, 4.69) is 0 Å². The van der Waals surface area contributed by atoms with Gasteiger partial charge in [-0.15, -0.1) is 0 Å². The lowest BCUT2D eigenvalue weighted by Crippen LogP contribution is -2.23. The van der Waals surface area contributed by atoms with Crippen LogP contribution in [0.4, 0.5) is 18.9 Å². The molecule has 0 aromatic heterocycles. The van der Waals surface area contributed by atoms with Crippen LogP contribution in [-0.2, 0) is 17.8 Å². The Bertz CT molecular complexity index is 1240. The third kappa shape index (κ3) is 6.26. The van der Waals surface area contributed by atoms with E-state index in [0.29, 0.717) is 35.8 Å². The number of fused-ring (bicyclic) bond motifs is 1. The number of halogens is 3. The van der Waals surface area contributed by atoms with Crippen molar-refractivity contribution in [3.63, 3.8) is 0 Å². The van der Waals surface area contributed by atoms with E-state index in [-0.39, 0.29) is 18.2 Å². The molecule has 4 rings (SSSR count). The van der Waals surface area contributed by atoms with Gasteiger partial charge in [0.05, 0.1) is 13.2 Å². The Balaban J connectivity index is 1.38. The number of benzene rings is 3. The molecule has 0 bridgehead atoms. The zero-order valence-electron chi connectivity index (χ0n) is 19.0. The Hall–Kier alpha value is -4.21. The van der Waals surface area contributed by atoms with Crippen molar-refractivity contribution in [2.75, 3.05) is 24.7 Å². The lowest BCUT2D eigenvalue weighted by Gasteiger charge is -2.17. The molecular weight excluding hydrogens is 479 g/mol. The predicted molar refractivity (Wildman–Crippen MR) is 124 cm³/mol. The number of nitrogens with zero attached hydrogens (tertiary/aromatic N) is 1. The molecule has 1 N–H and O–H groups in total. The largest absolute Gasteiger partial charge is 0.493 e.